The fourth-order valence-corrected chi connectivity index (χ4v) is 1.20. The number of allylic oxidation sites excluding steroid dienone is 4. The van der Waals surface area contributed by atoms with E-state index in [4.69, 9.17) is 10.4 Å². The molecule has 0 aromatic heterocycles. The second-order valence-electron chi connectivity index (χ2n) is 3.69. The van der Waals surface area contributed by atoms with Gasteiger partial charge in [0, 0.05) is 11.1 Å². The van der Waals surface area contributed by atoms with E-state index >= 15 is 0 Å². The van der Waals surface area contributed by atoms with Crippen molar-refractivity contribution >= 4 is 5.78 Å². The van der Waals surface area contributed by atoms with Crippen molar-refractivity contribution < 1.29 is 9.90 Å². The highest BCUT2D eigenvalue weighted by Crippen LogP contribution is 2.13. The SMILES string of the molecule is C/C(C#N)=C\C=C(/C)C(=O)c1ccc(O)cc1. The maximum absolute atomic E-state index is 11.9. The van der Waals surface area contributed by atoms with E-state index in [0.29, 0.717) is 16.7 Å². The zero-order chi connectivity index (χ0) is 12.8. The molecule has 0 spiro atoms. The normalized spacial score (nSPS) is 12.1. The van der Waals surface area contributed by atoms with Gasteiger partial charge in [0.2, 0.25) is 0 Å². The number of aromatic hydroxyl groups is 1. The molecule has 1 rings (SSSR count). The first kappa shape index (κ1) is 12.7. The minimum Gasteiger partial charge on any atom is -0.508 e. The average molecular weight is 227 g/mol. The monoisotopic (exact) mass is 227 g/mol. The number of rotatable bonds is 3. The molecule has 0 fully saturated rings. The quantitative estimate of drug-likeness (QED) is 0.373. The lowest BCUT2D eigenvalue weighted by Crippen LogP contribution is -1.99. The number of ketones is 1. The second kappa shape index (κ2) is 5.66. The number of hydrogen-bond acceptors (Lipinski definition) is 3. The van der Waals surface area contributed by atoms with Gasteiger partial charge in [0.25, 0.3) is 0 Å². The van der Waals surface area contributed by atoms with Crippen LogP contribution in [0.15, 0.2) is 47.6 Å². The van der Waals surface area contributed by atoms with Gasteiger partial charge in [0.15, 0.2) is 5.78 Å². The van der Waals surface area contributed by atoms with Gasteiger partial charge in [-0.3, -0.25) is 4.79 Å². The third-order valence-corrected chi connectivity index (χ3v) is 2.25. The molecular formula is C14H13NO2. The molecule has 3 nitrogen and oxygen atoms in total. The van der Waals surface area contributed by atoms with Crippen molar-refractivity contribution in [2.45, 2.75) is 13.8 Å². The Morgan fingerprint density at radius 3 is 2.35 bits per heavy atom. The summed E-state index contributed by atoms with van der Waals surface area (Å²) in [6.07, 6.45) is 3.22. The molecule has 0 heterocycles. The molecule has 0 radical (unpaired) electrons. The van der Waals surface area contributed by atoms with Crippen LogP contribution in [0.4, 0.5) is 0 Å². The van der Waals surface area contributed by atoms with Crippen LogP contribution in [0.3, 0.4) is 0 Å². The molecule has 0 aliphatic carbocycles. The summed E-state index contributed by atoms with van der Waals surface area (Å²) < 4.78 is 0. The molecule has 0 aliphatic rings. The molecule has 1 aromatic rings. The van der Waals surface area contributed by atoms with Crippen LogP contribution in [0.1, 0.15) is 24.2 Å². The fourth-order valence-electron chi connectivity index (χ4n) is 1.20. The molecule has 0 aliphatic heterocycles. The number of carbonyl (C=O) groups excluding carboxylic acids is 1. The van der Waals surface area contributed by atoms with Gasteiger partial charge in [-0.2, -0.15) is 5.26 Å². The van der Waals surface area contributed by atoms with E-state index in [1.165, 1.54) is 12.1 Å². The van der Waals surface area contributed by atoms with E-state index in [-0.39, 0.29) is 11.5 Å². The van der Waals surface area contributed by atoms with E-state index in [1.807, 2.05) is 6.07 Å². The minimum atomic E-state index is -0.119. The molecule has 1 N–H and O–H groups in total. The number of nitrogens with zero attached hydrogens (tertiary/aromatic N) is 1. The Labute approximate surface area is 100 Å². The van der Waals surface area contributed by atoms with E-state index in [1.54, 1.807) is 38.1 Å². The van der Waals surface area contributed by atoms with Crippen molar-refractivity contribution in [1.82, 2.24) is 0 Å². The highest BCUT2D eigenvalue weighted by Gasteiger charge is 2.06. The molecule has 86 valence electrons. The number of carbonyl (C=O) groups is 1. The van der Waals surface area contributed by atoms with Crippen LogP contribution in [-0.4, -0.2) is 10.9 Å². The van der Waals surface area contributed by atoms with E-state index in [2.05, 4.69) is 0 Å². The summed E-state index contributed by atoms with van der Waals surface area (Å²) in [5, 5.41) is 17.7. The van der Waals surface area contributed by atoms with E-state index in [9.17, 15) is 4.79 Å². The lowest BCUT2D eigenvalue weighted by molar-refractivity contribution is 0.103. The Bertz CT molecular complexity index is 516. The van der Waals surface area contributed by atoms with Crippen LogP contribution in [0.2, 0.25) is 0 Å². The molecule has 3 heteroatoms. The summed E-state index contributed by atoms with van der Waals surface area (Å²) in [5.41, 5.74) is 1.60. The maximum atomic E-state index is 11.9. The van der Waals surface area contributed by atoms with Crippen LogP contribution in [0.5, 0.6) is 5.75 Å². The smallest absolute Gasteiger partial charge is 0.188 e. The van der Waals surface area contributed by atoms with Crippen LogP contribution in [0.25, 0.3) is 0 Å². The standard InChI is InChI=1S/C14H13NO2/c1-10(9-15)3-4-11(2)14(17)12-5-7-13(16)8-6-12/h3-8,16H,1-2H3/b10-3+,11-4+. The van der Waals surface area contributed by atoms with Crippen LogP contribution >= 0.6 is 0 Å². The Kier molecular flexibility index (Phi) is 4.24. The van der Waals surface area contributed by atoms with Gasteiger partial charge >= 0.3 is 0 Å². The fraction of sp³-hybridized carbons (Fsp3) is 0.143. The van der Waals surface area contributed by atoms with Gasteiger partial charge in [-0.15, -0.1) is 0 Å². The molecule has 0 bridgehead atoms. The third kappa shape index (κ3) is 3.62. The first-order valence-corrected chi connectivity index (χ1v) is 5.13. The van der Waals surface area contributed by atoms with Gasteiger partial charge in [0.1, 0.15) is 5.75 Å². The topological polar surface area (TPSA) is 61.1 Å². The van der Waals surface area contributed by atoms with Crippen molar-refractivity contribution in [3.63, 3.8) is 0 Å². The first-order valence-electron chi connectivity index (χ1n) is 5.13. The van der Waals surface area contributed by atoms with E-state index in [0.717, 1.165) is 0 Å². The number of Topliss-reactive ketones (excluding diaryl/α,β-unsaturated/α-hetero) is 1. The maximum Gasteiger partial charge on any atom is 0.188 e. The molecule has 0 unspecified atom stereocenters. The molecule has 1 aromatic carbocycles. The van der Waals surface area contributed by atoms with E-state index < -0.39 is 0 Å². The number of hydrogen-bond donors (Lipinski definition) is 1. The minimum absolute atomic E-state index is 0.119. The zero-order valence-electron chi connectivity index (χ0n) is 9.77. The van der Waals surface area contributed by atoms with Gasteiger partial charge < -0.3 is 5.11 Å². The molecular weight excluding hydrogens is 214 g/mol. The zero-order valence-corrected chi connectivity index (χ0v) is 9.77. The average Bonchev–Trinajstić information content (AvgIpc) is 2.35. The van der Waals surface area contributed by atoms with Crippen molar-refractivity contribution in [3.05, 3.63) is 53.1 Å². The summed E-state index contributed by atoms with van der Waals surface area (Å²) in [6, 6.07) is 8.05. The van der Waals surface area contributed by atoms with Crippen LogP contribution in [-0.2, 0) is 0 Å². The highest BCUT2D eigenvalue weighted by atomic mass is 16.3. The van der Waals surface area contributed by atoms with Crippen LogP contribution in [0, 0.1) is 11.3 Å². The predicted octanol–water partition coefficient (Wildman–Crippen LogP) is 2.99. The summed E-state index contributed by atoms with van der Waals surface area (Å²) in [4.78, 5) is 11.9. The van der Waals surface area contributed by atoms with Gasteiger partial charge in [-0.25, -0.2) is 0 Å². The van der Waals surface area contributed by atoms with Crippen molar-refractivity contribution in [2.24, 2.45) is 0 Å². The molecule has 0 saturated carbocycles. The number of nitriles is 1. The van der Waals surface area contributed by atoms with Gasteiger partial charge in [-0.1, -0.05) is 6.08 Å². The van der Waals surface area contributed by atoms with Crippen molar-refractivity contribution in [1.29, 1.82) is 5.26 Å². The highest BCUT2D eigenvalue weighted by molar-refractivity contribution is 6.08. The summed E-state index contributed by atoms with van der Waals surface area (Å²) in [5.74, 6) is 0.00962. The van der Waals surface area contributed by atoms with Crippen molar-refractivity contribution in [3.8, 4) is 11.8 Å². The Morgan fingerprint density at radius 2 is 1.82 bits per heavy atom. The Morgan fingerprint density at radius 1 is 1.24 bits per heavy atom. The van der Waals surface area contributed by atoms with Crippen LogP contribution < -0.4 is 0 Å². The Hall–Kier alpha value is -2.34. The number of benzene rings is 1. The number of phenolic OH excluding ortho intramolecular Hbond substituents is 1. The molecule has 0 amide bonds. The van der Waals surface area contributed by atoms with Gasteiger partial charge in [-0.05, 0) is 49.8 Å². The third-order valence-electron chi connectivity index (χ3n) is 2.25. The number of phenols is 1. The molecule has 0 saturated heterocycles. The first-order chi connectivity index (χ1) is 8.04. The second-order valence-corrected chi connectivity index (χ2v) is 3.69. The lowest BCUT2D eigenvalue weighted by Gasteiger charge is -2.00. The molecule has 0 atom stereocenters. The predicted molar refractivity (Wildman–Crippen MR) is 65.6 cm³/mol. The summed E-state index contributed by atoms with van der Waals surface area (Å²) >= 11 is 0. The molecule has 17 heavy (non-hydrogen) atoms. The van der Waals surface area contributed by atoms with Crippen molar-refractivity contribution in [2.75, 3.05) is 0 Å². The lowest BCUT2D eigenvalue weighted by atomic mass is 10.0. The Balaban J connectivity index is 2.91. The summed E-state index contributed by atoms with van der Waals surface area (Å²) in [7, 11) is 0. The van der Waals surface area contributed by atoms with Gasteiger partial charge in [0.05, 0.1) is 6.07 Å². The summed E-state index contributed by atoms with van der Waals surface area (Å²) in [6.45, 7) is 3.37. The largest absolute Gasteiger partial charge is 0.508 e.